The van der Waals surface area contributed by atoms with E-state index in [0.29, 0.717) is 12.5 Å². The molecule has 1 aromatic carbocycles. The number of benzene rings is 1. The first-order valence-corrected chi connectivity index (χ1v) is 5.92. The van der Waals surface area contributed by atoms with Crippen LogP contribution in [0.15, 0.2) is 24.3 Å². The largest absolute Gasteiger partial charge is 0.313 e. The minimum absolute atomic E-state index is 0.342. The second-order valence-corrected chi connectivity index (χ2v) is 4.10. The van der Waals surface area contributed by atoms with Gasteiger partial charge in [0, 0.05) is 6.04 Å². The van der Waals surface area contributed by atoms with Gasteiger partial charge in [-0.1, -0.05) is 31.2 Å². The molecule has 86 valence electrons. The molecule has 0 bridgehead atoms. The summed E-state index contributed by atoms with van der Waals surface area (Å²) >= 11 is 0. The molecule has 0 aromatic heterocycles. The molecule has 0 aliphatic rings. The van der Waals surface area contributed by atoms with Gasteiger partial charge in [0.2, 0.25) is 0 Å². The normalized spacial score (nSPS) is 12.1. The predicted molar refractivity (Wildman–Crippen MR) is 67.2 cm³/mol. The predicted octanol–water partition coefficient (Wildman–Crippen LogP) is 2.82. The van der Waals surface area contributed by atoms with E-state index in [0.717, 1.165) is 19.4 Å². The summed E-state index contributed by atoms with van der Waals surface area (Å²) in [4.78, 5) is 0. The molecule has 0 fully saturated rings. The van der Waals surface area contributed by atoms with Gasteiger partial charge >= 0.3 is 0 Å². The van der Waals surface area contributed by atoms with E-state index >= 15 is 0 Å². The van der Waals surface area contributed by atoms with E-state index in [1.54, 1.807) is 0 Å². The van der Waals surface area contributed by atoms with Crippen molar-refractivity contribution in [3.63, 3.8) is 0 Å². The lowest BCUT2D eigenvalue weighted by Gasteiger charge is -2.13. The molecule has 0 radical (unpaired) electrons. The fourth-order valence-corrected chi connectivity index (χ4v) is 1.77. The van der Waals surface area contributed by atoms with Gasteiger partial charge in [0.15, 0.2) is 0 Å². The zero-order valence-corrected chi connectivity index (χ0v) is 10.2. The molecule has 0 saturated heterocycles. The SMILES string of the molecule is CCC(CC#N)NCCc1ccccc1C. The third kappa shape index (κ3) is 4.04. The molecule has 16 heavy (non-hydrogen) atoms. The van der Waals surface area contributed by atoms with Crippen LogP contribution in [-0.2, 0) is 6.42 Å². The van der Waals surface area contributed by atoms with Gasteiger partial charge < -0.3 is 5.32 Å². The van der Waals surface area contributed by atoms with Gasteiger partial charge in [-0.3, -0.25) is 0 Å². The van der Waals surface area contributed by atoms with Crippen LogP contribution in [-0.4, -0.2) is 12.6 Å². The molecule has 0 amide bonds. The first kappa shape index (κ1) is 12.7. The van der Waals surface area contributed by atoms with Crippen LogP contribution < -0.4 is 5.32 Å². The highest BCUT2D eigenvalue weighted by molar-refractivity contribution is 5.25. The zero-order valence-electron chi connectivity index (χ0n) is 10.2. The summed E-state index contributed by atoms with van der Waals surface area (Å²) in [5, 5.41) is 12.1. The van der Waals surface area contributed by atoms with E-state index in [-0.39, 0.29) is 0 Å². The molecule has 0 heterocycles. The summed E-state index contributed by atoms with van der Waals surface area (Å²) in [5.74, 6) is 0. The van der Waals surface area contributed by atoms with Crippen molar-refractivity contribution in [3.8, 4) is 6.07 Å². The fourth-order valence-electron chi connectivity index (χ4n) is 1.77. The molecule has 0 aliphatic carbocycles. The van der Waals surface area contributed by atoms with Gasteiger partial charge in [0.05, 0.1) is 12.5 Å². The molecule has 1 atom stereocenters. The van der Waals surface area contributed by atoms with Crippen molar-refractivity contribution in [1.29, 1.82) is 5.26 Å². The molecule has 0 saturated carbocycles. The highest BCUT2D eigenvalue weighted by Gasteiger charge is 2.04. The van der Waals surface area contributed by atoms with Crippen molar-refractivity contribution >= 4 is 0 Å². The lowest BCUT2D eigenvalue weighted by molar-refractivity contribution is 0.508. The third-order valence-electron chi connectivity index (χ3n) is 2.92. The number of nitrogens with zero attached hydrogens (tertiary/aromatic N) is 1. The number of nitriles is 1. The first-order valence-electron chi connectivity index (χ1n) is 5.92. The van der Waals surface area contributed by atoms with Crippen LogP contribution in [0.2, 0.25) is 0 Å². The molecule has 2 nitrogen and oxygen atoms in total. The molecule has 1 aromatic rings. The van der Waals surface area contributed by atoms with Crippen LogP contribution in [0.3, 0.4) is 0 Å². The average molecular weight is 216 g/mol. The van der Waals surface area contributed by atoms with Crippen molar-refractivity contribution in [1.82, 2.24) is 5.32 Å². The van der Waals surface area contributed by atoms with Crippen molar-refractivity contribution in [3.05, 3.63) is 35.4 Å². The highest BCUT2D eigenvalue weighted by Crippen LogP contribution is 2.07. The molecule has 1 rings (SSSR count). The first-order chi connectivity index (χ1) is 7.77. The number of hydrogen-bond acceptors (Lipinski definition) is 2. The van der Waals surface area contributed by atoms with E-state index in [2.05, 4.69) is 49.5 Å². The Balaban J connectivity index is 2.35. The molecule has 1 N–H and O–H groups in total. The van der Waals surface area contributed by atoms with Crippen LogP contribution in [0.4, 0.5) is 0 Å². The third-order valence-corrected chi connectivity index (χ3v) is 2.92. The lowest BCUT2D eigenvalue weighted by Crippen LogP contribution is -2.29. The second kappa shape index (κ2) is 7.03. The summed E-state index contributed by atoms with van der Waals surface area (Å²) in [7, 11) is 0. The lowest BCUT2D eigenvalue weighted by atomic mass is 10.1. The van der Waals surface area contributed by atoms with Crippen molar-refractivity contribution in [2.24, 2.45) is 0 Å². The Hall–Kier alpha value is -1.33. The molecule has 0 aliphatic heterocycles. The Morgan fingerprint density at radius 3 is 2.75 bits per heavy atom. The number of aryl methyl sites for hydroxylation is 1. The summed E-state index contributed by atoms with van der Waals surface area (Å²) in [6.45, 7) is 5.20. The monoisotopic (exact) mass is 216 g/mol. The molecular formula is C14H20N2. The van der Waals surface area contributed by atoms with Gasteiger partial charge in [0.25, 0.3) is 0 Å². The molecular weight excluding hydrogens is 196 g/mol. The van der Waals surface area contributed by atoms with Crippen molar-refractivity contribution in [2.45, 2.75) is 39.2 Å². The van der Waals surface area contributed by atoms with E-state index in [1.165, 1.54) is 11.1 Å². The Morgan fingerprint density at radius 2 is 2.12 bits per heavy atom. The standard InChI is InChI=1S/C14H20N2/c1-3-14(8-10-15)16-11-9-13-7-5-4-6-12(13)2/h4-7,14,16H,3,8-9,11H2,1-2H3. The maximum Gasteiger partial charge on any atom is 0.0638 e. The summed E-state index contributed by atoms with van der Waals surface area (Å²) in [6, 6.07) is 11.0. The molecule has 1 unspecified atom stereocenters. The van der Waals surface area contributed by atoms with Gasteiger partial charge in [-0.25, -0.2) is 0 Å². The number of hydrogen-bond donors (Lipinski definition) is 1. The van der Waals surface area contributed by atoms with Crippen molar-refractivity contribution < 1.29 is 0 Å². The van der Waals surface area contributed by atoms with Crippen LogP contribution in [0, 0.1) is 18.3 Å². The molecule has 2 heteroatoms. The Bertz CT molecular complexity index is 352. The van der Waals surface area contributed by atoms with Gasteiger partial charge in [0.1, 0.15) is 0 Å². The minimum Gasteiger partial charge on any atom is -0.313 e. The fraction of sp³-hybridized carbons (Fsp3) is 0.500. The molecule has 0 spiro atoms. The maximum atomic E-state index is 8.64. The van der Waals surface area contributed by atoms with Gasteiger partial charge in [-0.15, -0.1) is 0 Å². The second-order valence-electron chi connectivity index (χ2n) is 4.10. The van der Waals surface area contributed by atoms with Crippen LogP contribution in [0.5, 0.6) is 0 Å². The maximum absolute atomic E-state index is 8.64. The Morgan fingerprint density at radius 1 is 1.38 bits per heavy atom. The van der Waals surface area contributed by atoms with Crippen LogP contribution in [0.1, 0.15) is 30.9 Å². The smallest absolute Gasteiger partial charge is 0.0638 e. The summed E-state index contributed by atoms with van der Waals surface area (Å²) in [5.41, 5.74) is 2.74. The van der Waals surface area contributed by atoms with E-state index in [1.807, 2.05) is 0 Å². The van der Waals surface area contributed by atoms with Crippen LogP contribution in [0.25, 0.3) is 0 Å². The minimum atomic E-state index is 0.342. The van der Waals surface area contributed by atoms with Crippen molar-refractivity contribution in [2.75, 3.05) is 6.54 Å². The van der Waals surface area contributed by atoms with E-state index in [9.17, 15) is 0 Å². The van der Waals surface area contributed by atoms with E-state index < -0.39 is 0 Å². The Labute approximate surface area is 98.3 Å². The highest BCUT2D eigenvalue weighted by atomic mass is 14.9. The zero-order chi connectivity index (χ0) is 11.8. The summed E-state index contributed by atoms with van der Waals surface area (Å²) < 4.78 is 0. The number of nitrogens with one attached hydrogen (secondary N) is 1. The quantitative estimate of drug-likeness (QED) is 0.793. The number of rotatable bonds is 6. The van der Waals surface area contributed by atoms with Crippen LogP contribution >= 0.6 is 0 Å². The average Bonchev–Trinajstić information content (AvgIpc) is 2.30. The Kier molecular flexibility index (Phi) is 5.60. The van der Waals surface area contributed by atoms with Gasteiger partial charge in [-0.2, -0.15) is 5.26 Å². The topological polar surface area (TPSA) is 35.8 Å². The van der Waals surface area contributed by atoms with E-state index in [4.69, 9.17) is 5.26 Å². The van der Waals surface area contributed by atoms with Gasteiger partial charge in [-0.05, 0) is 37.4 Å². The summed E-state index contributed by atoms with van der Waals surface area (Å²) in [6.07, 6.45) is 2.65.